The Bertz CT molecular complexity index is 675. The number of anilines is 2. The molecule has 0 saturated carbocycles. The second kappa shape index (κ2) is 5.19. The van der Waals surface area contributed by atoms with Gasteiger partial charge in [0.05, 0.1) is 11.3 Å². The fourth-order valence-corrected chi connectivity index (χ4v) is 1.70. The van der Waals surface area contributed by atoms with Crippen LogP contribution in [0.15, 0.2) is 36.5 Å². The van der Waals surface area contributed by atoms with Crippen LogP contribution in [0, 0.1) is 18.3 Å². The lowest BCUT2D eigenvalue weighted by atomic mass is 10.1. The molecular formula is C14H11N3O2. The zero-order chi connectivity index (χ0) is 13.8. The SMILES string of the molecule is Cc1cccc(Nc2ccnc(C(=O)O)c2)c1C#N. The Balaban J connectivity index is 2.37. The van der Waals surface area contributed by atoms with Crippen LogP contribution in [0.2, 0.25) is 0 Å². The Hall–Kier alpha value is -2.87. The normalized spacial score (nSPS) is 9.68. The Morgan fingerprint density at radius 3 is 2.89 bits per heavy atom. The van der Waals surface area contributed by atoms with E-state index in [1.54, 1.807) is 12.1 Å². The Kier molecular flexibility index (Phi) is 3.44. The second-order valence-electron chi connectivity index (χ2n) is 3.97. The van der Waals surface area contributed by atoms with E-state index in [2.05, 4.69) is 16.4 Å². The van der Waals surface area contributed by atoms with Crippen molar-refractivity contribution in [3.8, 4) is 6.07 Å². The number of carboxylic acid groups (broad SMARTS) is 1. The van der Waals surface area contributed by atoms with E-state index >= 15 is 0 Å². The van der Waals surface area contributed by atoms with Gasteiger partial charge in [0.25, 0.3) is 0 Å². The summed E-state index contributed by atoms with van der Waals surface area (Å²) in [5.74, 6) is -1.09. The topological polar surface area (TPSA) is 86.0 Å². The Labute approximate surface area is 110 Å². The van der Waals surface area contributed by atoms with E-state index < -0.39 is 5.97 Å². The van der Waals surface area contributed by atoms with E-state index in [1.807, 2.05) is 19.1 Å². The van der Waals surface area contributed by atoms with Gasteiger partial charge in [-0.3, -0.25) is 0 Å². The summed E-state index contributed by atoms with van der Waals surface area (Å²) in [4.78, 5) is 14.6. The van der Waals surface area contributed by atoms with Gasteiger partial charge in [0.15, 0.2) is 0 Å². The van der Waals surface area contributed by atoms with Crippen LogP contribution in [0.4, 0.5) is 11.4 Å². The molecule has 0 aliphatic carbocycles. The molecule has 0 spiro atoms. The molecule has 0 saturated heterocycles. The van der Waals surface area contributed by atoms with E-state index in [1.165, 1.54) is 12.3 Å². The summed E-state index contributed by atoms with van der Waals surface area (Å²) in [6.07, 6.45) is 1.41. The highest BCUT2D eigenvalue weighted by Crippen LogP contribution is 2.23. The summed E-state index contributed by atoms with van der Waals surface area (Å²) in [5.41, 5.74) is 2.58. The van der Waals surface area contributed by atoms with Crippen LogP contribution >= 0.6 is 0 Å². The quantitative estimate of drug-likeness (QED) is 0.878. The maximum absolute atomic E-state index is 10.8. The van der Waals surface area contributed by atoms with Crippen LogP contribution in [-0.4, -0.2) is 16.1 Å². The molecule has 0 bridgehead atoms. The molecular weight excluding hydrogens is 242 g/mol. The summed E-state index contributed by atoms with van der Waals surface area (Å²) >= 11 is 0. The van der Waals surface area contributed by atoms with Crippen molar-refractivity contribution >= 4 is 17.3 Å². The van der Waals surface area contributed by atoms with Crippen LogP contribution in [-0.2, 0) is 0 Å². The predicted octanol–water partition coefficient (Wildman–Crippen LogP) is 2.70. The minimum atomic E-state index is -1.09. The largest absolute Gasteiger partial charge is 0.477 e. The molecule has 5 nitrogen and oxygen atoms in total. The van der Waals surface area contributed by atoms with E-state index in [9.17, 15) is 4.79 Å². The van der Waals surface area contributed by atoms with Gasteiger partial charge in [0.2, 0.25) is 0 Å². The van der Waals surface area contributed by atoms with Crippen LogP contribution in [0.1, 0.15) is 21.6 Å². The summed E-state index contributed by atoms with van der Waals surface area (Å²) in [6, 6.07) is 10.6. The molecule has 5 heteroatoms. The zero-order valence-electron chi connectivity index (χ0n) is 10.2. The van der Waals surface area contributed by atoms with Crippen molar-refractivity contribution < 1.29 is 9.90 Å². The molecule has 19 heavy (non-hydrogen) atoms. The average molecular weight is 253 g/mol. The Morgan fingerprint density at radius 2 is 2.21 bits per heavy atom. The predicted molar refractivity (Wildman–Crippen MR) is 70.4 cm³/mol. The van der Waals surface area contributed by atoms with Crippen LogP contribution in [0.3, 0.4) is 0 Å². The van der Waals surface area contributed by atoms with Crippen molar-refractivity contribution in [2.75, 3.05) is 5.32 Å². The highest BCUT2D eigenvalue weighted by molar-refractivity contribution is 5.86. The molecule has 94 valence electrons. The maximum Gasteiger partial charge on any atom is 0.354 e. The highest BCUT2D eigenvalue weighted by Gasteiger charge is 2.08. The average Bonchev–Trinajstić information content (AvgIpc) is 2.39. The first kappa shape index (κ1) is 12.6. The smallest absolute Gasteiger partial charge is 0.354 e. The number of hydrogen-bond donors (Lipinski definition) is 2. The van der Waals surface area contributed by atoms with Crippen LogP contribution < -0.4 is 5.32 Å². The number of hydrogen-bond acceptors (Lipinski definition) is 4. The third-order valence-electron chi connectivity index (χ3n) is 2.64. The Morgan fingerprint density at radius 1 is 1.42 bits per heavy atom. The molecule has 1 aromatic heterocycles. The molecule has 0 aliphatic heterocycles. The first-order chi connectivity index (χ1) is 9.11. The minimum Gasteiger partial charge on any atom is -0.477 e. The van der Waals surface area contributed by atoms with Crippen molar-refractivity contribution in [3.05, 3.63) is 53.3 Å². The molecule has 0 fully saturated rings. The molecule has 0 unspecified atom stereocenters. The molecule has 2 aromatic rings. The van der Waals surface area contributed by atoms with E-state index in [0.29, 0.717) is 16.9 Å². The standard InChI is InChI=1S/C14H11N3O2/c1-9-3-2-4-12(11(9)8-15)17-10-5-6-16-13(7-10)14(18)19/h2-7H,1H3,(H,16,17)(H,18,19). The van der Waals surface area contributed by atoms with Gasteiger partial charge in [0, 0.05) is 11.9 Å². The number of rotatable bonds is 3. The number of nitrogens with zero attached hydrogens (tertiary/aromatic N) is 2. The summed E-state index contributed by atoms with van der Waals surface area (Å²) in [7, 11) is 0. The first-order valence-electron chi connectivity index (χ1n) is 5.58. The number of aryl methyl sites for hydroxylation is 1. The third-order valence-corrected chi connectivity index (χ3v) is 2.64. The van der Waals surface area contributed by atoms with Crippen LogP contribution in [0.25, 0.3) is 0 Å². The lowest BCUT2D eigenvalue weighted by molar-refractivity contribution is 0.0690. The van der Waals surface area contributed by atoms with Gasteiger partial charge in [-0.25, -0.2) is 9.78 Å². The molecule has 0 atom stereocenters. The van der Waals surface area contributed by atoms with Gasteiger partial charge >= 0.3 is 5.97 Å². The molecule has 0 amide bonds. The van der Waals surface area contributed by atoms with Gasteiger partial charge in [0.1, 0.15) is 11.8 Å². The molecule has 0 radical (unpaired) electrons. The van der Waals surface area contributed by atoms with Crippen molar-refractivity contribution in [2.45, 2.75) is 6.92 Å². The number of carbonyl (C=O) groups is 1. The van der Waals surface area contributed by atoms with Crippen molar-refractivity contribution in [1.82, 2.24) is 4.98 Å². The number of benzene rings is 1. The zero-order valence-corrected chi connectivity index (χ0v) is 10.2. The molecule has 1 aromatic carbocycles. The number of aromatic nitrogens is 1. The molecule has 2 rings (SSSR count). The molecule has 2 N–H and O–H groups in total. The van der Waals surface area contributed by atoms with Gasteiger partial charge in [-0.1, -0.05) is 12.1 Å². The van der Waals surface area contributed by atoms with Gasteiger partial charge in [-0.05, 0) is 30.7 Å². The summed E-state index contributed by atoms with van der Waals surface area (Å²) in [6.45, 7) is 1.85. The van der Waals surface area contributed by atoms with Crippen LogP contribution in [0.5, 0.6) is 0 Å². The first-order valence-corrected chi connectivity index (χ1v) is 5.58. The van der Waals surface area contributed by atoms with Crippen molar-refractivity contribution in [2.24, 2.45) is 0 Å². The summed E-state index contributed by atoms with van der Waals surface area (Å²) in [5, 5.41) is 21.0. The van der Waals surface area contributed by atoms with Gasteiger partial charge in [-0.15, -0.1) is 0 Å². The third kappa shape index (κ3) is 2.69. The van der Waals surface area contributed by atoms with E-state index in [-0.39, 0.29) is 5.69 Å². The number of aromatic carboxylic acids is 1. The van der Waals surface area contributed by atoms with Gasteiger partial charge < -0.3 is 10.4 Å². The number of carboxylic acids is 1. The molecule has 0 aliphatic rings. The summed E-state index contributed by atoms with van der Waals surface area (Å²) < 4.78 is 0. The highest BCUT2D eigenvalue weighted by atomic mass is 16.4. The lowest BCUT2D eigenvalue weighted by Crippen LogP contribution is -2.02. The monoisotopic (exact) mass is 253 g/mol. The fraction of sp³-hybridized carbons (Fsp3) is 0.0714. The van der Waals surface area contributed by atoms with E-state index in [0.717, 1.165) is 5.56 Å². The lowest BCUT2D eigenvalue weighted by Gasteiger charge is -2.10. The number of nitriles is 1. The molecule has 1 heterocycles. The van der Waals surface area contributed by atoms with Gasteiger partial charge in [-0.2, -0.15) is 5.26 Å². The number of pyridine rings is 1. The van der Waals surface area contributed by atoms with Crippen molar-refractivity contribution in [1.29, 1.82) is 5.26 Å². The number of nitrogens with one attached hydrogen (secondary N) is 1. The van der Waals surface area contributed by atoms with Crippen molar-refractivity contribution in [3.63, 3.8) is 0 Å². The fourth-order valence-electron chi connectivity index (χ4n) is 1.70. The minimum absolute atomic E-state index is 0.0452. The second-order valence-corrected chi connectivity index (χ2v) is 3.97. The van der Waals surface area contributed by atoms with E-state index in [4.69, 9.17) is 10.4 Å². The maximum atomic E-state index is 10.8.